The molecule has 0 aliphatic heterocycles. The smallest absolute Gasteiger partial charge is 0.219 e. The molecule has 1 heterocycles. The molecule has 0 saturated heterocycles. The van der Waals surface area contributed by atoms with Gasteiger partial charge in [0.05, 0.1) is 11.6 Å². The number of rotatable bonds is 4. The van der Waals surface area contributed by atoms with Crippen LogP contribution in [-0.2, 0) is 6.61 Å². The second-order valence-electron chi connectivity index (χ2n) is 5.17. The van der Waals surface area contributed by atoms with Gasteiger partial charge in [-0.15, -0.1) is 0 Å². The van der Waals surface area contributed by atoms with Gasteiger partial charge in [-0.1, -0.05) is 37.0 Å². The first kappa shape index (κ1) is 16.1. The molecular weight excluding hydrogens is 309 g/mol. The van der Waals surface area contributed by atoms with E-state index in [-0.39, 0.29) is 6.61 Å². The summed E-state index contributed by atoms with van der Waals surface area (Å²) in [6.45, 7) is 5.91. The van der Waals surface area contributed by atoms with E-state index in [0.717, 1.165) is 16.1 Å². The maximum atomic E-state index is 9.23. The van der Waals surface area contributed by atoms with Crippen LogP contribution >= 0.6 is 23.2 Å². The number of pyridine rings is 1. The Hall–Kier alpha value is -1.29. The molecule has 0 saturated carbocycles. The van der Waals surface area contributed by atoms with Crippen molar-refractivity contribution in [3.8, 4) is 11.6 Å². The zero-order chi connectivity index (χ0) is 15.6. The lowest BCUT2D eigenvalue weighted by Gasteiger charge is -2.14. The molecule has 1 N–H and O–H groups in total. The lowest BCUT2D eigenvalue weighted by molar-refractivity contribution is 0.281. The summed E-state index contributed by atoms with van der Waals surface area (Å²) < 4.78 is 5.81. The van der Waals surface area contributed by atoms with Crippen LogP contribution in [0.5, 0.6) is 11.6 Å². The SMILES string of the molecule is Cc1cc(Cl)c(C(C)C)cc1Oc1cc(CO)c(Cl)cn1. The van der Waals surface area contributed by atoms with Crippen molar-refractivity contribution in [2.24, 2.45) is 0 Å². The van der Waals surface area contributed by atoms with Crippen LogP contribution in [0.4, 0.5) is 0 Å². The molecule has 0 radical (unpaired) electrons. The summed E-state index contributed by atoms with van der Waals surface area (Å²) in [5.74, 6) is 1.39. The quantitative estimate of drug-likeness (QED) is 0.849. The van der Waals surface area contributed by atoms with E-state index in [9.17, 15) is 5.11 Å². The summed E-state index contributed by atoms with van der Waals surface area (Å²) in [7, 11) is 0. The van der Waals surface area contributed by atoms with Crippen molar-refractivity contribution in [1.29, 1.82) is 0 Å². The topological polar surface area (TPSA) is 42.4 Å². The lowest BCUT2D eigenvalue weighted by Crippen LogP contribution is -1.96. The van der Waals surface area contributed by atoms with Gasteiger partial charge < -0.3 is 9.84 Å². The molecule has 5 heteroatoms. The van der Waals surface area contributed by atoms with E-state index >= 15 is 0 Å². The first-order chi connectivity index (χ1) is 9.92. The van der Waals surface area contributed by atoms with E-state index in [0.29, 0.717) is 28.1 Å². The van der Waals surface area contributed by atoms with Crippen molar-refractivity contribution in [2.45, 2.75) is 33.3 Å². The van der Waals surface area contributed by atoms with Gasteiger partial charge in [-0.25, -0.2) is 4.98 Å². The highest BCUT2D eigenvalue weighted by Gasteiger charge is 2.12. The zero-order valence-corrected chi connectivity index (χ0v) is 13.7. The minimum atomic E-state index is -0.158. The van der Waals surface area contributed by atoms with Crippen molar-refractivity contribution in [3.05, 3.63) is 51.1 Å². The van der Waals surface area contributed by atoms with Gasteiger partial charge in [0.1, 0.15) is 5.75 Å². The number of hydrogen-bond acceptors (Lipinski definition) is 3. The van der Waals surface area contributed by atoms with Crippen LogP contribution < -0.4 is 4.74 Å². The van der Waals surface area contributed by atoms with Crippen LogP contribution in [0.2, 0.25) is 10.0 Å². The highest BCUT2D eigenvalue weighted by Crippen LogP contribution is 2.33. The number of aromatic nitrogens is 1. The molecule has 2 rings (SSSR count). The molecule has 0 aliphatic rings. The molecule has 0 aliphatic carbocycles. The monoisotopic (exact) mass is 325 g/mol. The lowest BCUT2D eigenvalue weighted by atomic mass is 10.0. The molecule has 21 heavy (non-hydrogen) atoms. The Bertz CT molecular complexity index is 657. The third kappa shape index (κ3) is 3.67. The first-order valence-corrected chi connectivity index (χ1v) is 7.41. The Labute approximate surface area is 134 Å². The Kier molecular flexibility index (Phi) is 5.09. The van der Waals surface area contributed by atoms with Gasteiger partial charge in [0.25, 0.3) is 0 Å². The number of ether oxygens (including phenoxy) is 1. The summed E-state index contributed by atoms with van der Waals surface area (Å²) in [5, 5.41) is 10.4. The maximum absolute atomic E-state index is 9.23. The standard InChI is InChI=1S/C16H17Cl2NO2/c1-9(2)12-6-15(10(3)4-13(12)17)21-16-5-11(8-20)14(18)7-19-16/h4-7,9,20H,8H2,1-3H3. The zero-order valence-electron chi connectivity index (χ0n) is 12.2. The van der Waals surface area contributed by atoms with Crippen molar-refractivity contribution in [3.63, 3.8) is 0 Å². The van der Waals surface area contributed by atoms with E-state index in [1.165, 1.54) is 6.20 Å². The highest BCUT2D eigenvalue weighted by atomic mass is 35.5. The molecule has 1 aromatic heterocycles. The molecule has 0 bridgehead atoms. The van der Waals surface area contributed by atoms with Crippen molar-refractivity contribution in [2.75, 3.05) is 0 Å². The second kappa shape index (κ2) is 6.65. The van der Waals surface area contributed by atoms with E-state index in [1.54, 1.807) is 6.07 Å². The number of benzene rings is 1. The summed E-state index contributed by atoms with van der Waals surface area (Å²) in [6, 6.07) is 5.44. The summed E-state index contributed by atoms with van der Waals surface area (Å²) in [4.78, 5) is 4.12. The molecular formula is C16H17Cl2NO2. The molecule has 112 valence electrons. The van der Waals surface area contributed by atoms with Crippen molar-refractivity contribution < 1.29 is 9.84 Å². The predicted octanol–water partition coefficient (Wildman–Crippen LogP) is 5.10. The summed E-state index contributed by atoms with van der Waals surface area (Å²) in [5.41, 5.74) is 2.53. The van der Waals surface area contributed by atoms with Crippen LogP contribution in [0, 0.1) is 6.92 Å². The van der Waals surface area contributed by atoms with Crippen LogP contribution in [0.3, 0.4) is 0 Å². The molecule has 2 aromatic rings. The Morgan fingerprint density at radius 1 is 1.19 bits per heavy atom. The number of hydrogen-bond donors (Lipinski definition) is 1. The predicted molar refractivity (Wildman–Crippen MR) is 85.5 cm³/mol. The third-order valence-electron chi connectivity index (χ3n) is 3.21. The fourth-order valence-electron chi connectivity index (χ4n) is 1.97. The largest absolute Gasteiger partial charge is 0.439 e. The van der Waals surface area contributed by atoms with E-state index in [4.69, 9.17) is 27.9 Å². The molecule has 3 nitrogen and oxygen atoms in total. The maximum Gasteiger partial charge on any atom is 0.219 e. The van der Waals surface area contributed by atoms with Crippen molar-refractivity contribution >= 4 is 23.2 Å². The number of nitrogens with zero attached hydrogens (tertiary/aromatic N) is 1. The molecule has 1 aromatic carbocycles. The summed E-state index contributed by atoms with van der Waals surface area (Å²) >= 11 is 12.2. The molecule has 0 amide bonds. The van der Waals surface area contributed by atoms with Gasteiger partial charge in [0.2, 0.25) is 5.88 Å². The van der Waals surface area contributed by atoms with Crippen LogP contribution in [-0.4, -0.2) is 10.1 Å². The summed E-state index contributed by atoms with van der Waals surface area (Å²) in [6.07, 6.45) is 1.47. The number of aliphatic hydroxyl groups is 1. The Morgan fingerprint density at radius 2 is 1.90 bits per heavy atom. The molecule has 0 spiro atoms. The van der Waals surface area contributed by atoms with Crippen LogP contribution in [0.15, 0.2) is 24.4 Å². The number of aryl methyl sites for hydroxylation is 1. The average molecular weight is 326 g/mol. The fraction of sp³-hybridized carbons (Fsp3) is 0.312. The fourth-order valence-corrected chi connectivity index (χ4v) is 2.57. The van der Waals surface area contributed by atoms with Gasteiger partial charge in [0, 0.05) is 22.8 Å². The minimum Gasteiger partial charge on any atom is -0.439 e. The first-order valence-electron chi connectivity index (χ1n) is 6.65. The normalized spacial score (nSPS) is 11.0. The van der Waals surface area contributed by atoms with Gasteiger partial charge in [-0.3, -0.25) is 0 Å². The van der Waals surface area contributed by atoms with E-state index < -0.39 is 0 Å². The Morgan fingerprint density at radius 3 is 2.52 bits per heavy atom. The van der Waals surface area contributed by atoms with Crippen LogP contribution in [0.25, 0.3) is 0 Å². The van der Waals surface area contributed by atoms with Crippen molar-refractivity contribution in [1.82, 2.24) is 4.98 Å². The van der Waals surface area contributed by atoms with Gasteiger partial charge >= 0.3 is 0 Å². The van der Waals surface area contributed by atoms with Crippen LogP contribution in [0.1, 0.15) is 36.5 Å². The Balaban J connectivity index is 2.37. The molecule has 0 unspecified atom stereocenters. The molecule has 0 atom stereocenters. The minimum absolute atomic E-state index is 0.158. The second-order valence-corrected chi connectivity index (χ2v) is 5.98. The van der Waals surface area contributed by atoms with Gasteiger partial charge in [0.15, 0.2) is 0 Å². The third-order valence-corrected chi connectivity index (χ3v) is 3.88. The van der Waals surface area contributed by atoms with Gasteiger partial charge in [-0.05, 0) is 36.1 Å². The highest BCUT2D eigenvalue weighted by molar-refractivity contribution is 6.31. The van der Waals surface area contributed by atoms with E-state index in [2.05, 4.69) is 18.8 Å². The number of aliphatic hydroxyl groups excluding tert-OH is 1. The van der Waals surface area contributed by atoms with Gasteiger partial charge in [-0.2, -0.15) is 0 Å². The van der Waals surface area contributed by atoms with E-state index in [1.807, 2.05) is 19.1 Å². The average Bonchev–Trinajstić information content (AvgIpc) is 2.43. The number of halogens is 2. The molecule has 0 fully saturated rings.